The smallest absolute Gasteiger partial charge is 0.389 e. The van der Waals surface area contributed by atoms with Gasteiger partial charge in [-0.3, -0.25) is 4.90 Å². The van der Waals surface area contributed by atoms with Gasteiger partial charge in [0.15, 0.2) is 0 Å². The molecule has 0 radical (unpaired) electrons. The van der Waals surface area contributed by atoms with Crippen molar-refractivity contribution in [2.24, 2.45) is 0 Å². The quantitative estimate of drug-likeness (QED) is 0.857. The SMILES string of the molecule is CN1CCN([C@@H]2CN(c3nccc(CCC(F)(F)F)n3)C[C@H]2O)CC1. The third-order valence-electron chi connectivity index (χ3n) is 4.91. The summed E-state index contributed by atoms with van der Waals surface area (Å²) in [6, 6.07) is 1.52. The summed E-state index contributed by atoms with van der Waals surface area (Å²) in [5.74, 6) is 0.398. The molecule has 140 valence electrons. The molecule has 1 aromatic heterocycles. The van der Waals surface area contributed by atoms with Gasteiger partial charge in [-0.2, -0.15) is 13.2 Å². The molecule has 2 aliphatic rings. The molecule has 0 spiro atoms. The maximum atomic E-state index is 12.4. The highest BCUT2D eigenvalue weighted by atomic mass is 19.4. The molecule has 2 fully saturated rings. The van der Waals surface area contributed by atoms with Gasteiger partial charge in [-0.15, -0.1) is 0 Å². The average Bonchev–Trinajstić information content (AvgIpc) is 2.95. The van der Waals surface area contributed by atoms with Crippen molar-refractivity contribution >= 4 is 5.95 Å². The number of piperazine rings is 1. The monoisotopic (exact) mass is 359 g/mol. The summed E-state index contributed by atoms with van der Waals surface area (Å²) in [6.07, 6.45) is -4.26. The van der Waals surface area contributed by atoms with E-state index >= 15 is 0 Å². The van der Waals surface area contributed by atoms with Gasteiger partial charge in [-0.1, -0.05) is 0 Å². The van der Waals surface area contributed by atoms with Crippen LogP contribution in [0, 0.1) is 0 Å². The molecule has 6 nitrogen and oxygen atoms in total. The molecule has 0 bridgehead atoms. The number of alkyl halides is 3. The summed E-state index contributed by atoms with van der Waals surface area (Å²) < 4.78 is 37.1. The number of hydrogen-bond acceptors (Lipinski definition) is 6. The maximum absolute atomic E-state index is 12.4. The molecule has 0 aliphatic carbocycles. The van der Waals surface area contributed by atoms with Crippen LogP contribution >= 0.6 is 0 Å². The van der Waals surface area contributed by atoms with Gasteiger partial charge in [0.2, 0.25) is 5.95 Å². The molecule has 2 saturated heterocycles. The Labute approximate surface area is 145 Å². The zero-order valence-electron chi connectivity index (χ0n) is 14.3. The molecular formula is C16H24F3N5O. The van der Waals surface area contributed by atoms with Gasteiger partial charge in [0.05, 0.1) is 12.1 Å². The first kappa shape index (κ1) is 18.3. The lowest BCUT2D eigenvalue weighted by Crippen LogP contribution is -2.52. The van der Waals surface area contributed by atoms with Crippen LogP contribution in [0.4, 0.5) is 19.1 Å². The molecular weight excluding hydrogens is 335 g/mol. The lowest BCUT2D eigenvalue weighted by molar-refractivity contribution is -0.134. The van der Waals surface area contributed by atoms with Crippen molar-refractivity contribution in [3.63, 3.8) is 0 Å². The lowest BCUT2D eigenvalue weighted by atomic mass is 10.1. The van der Waals surface area contributed by atoms with Gasteiger partial charge in [0.1, 0.15) is 0 Å². The average molecular weight is 359 g/mol. The first-order valence-electron chi connectivity index (χ1n) is 8.56. The number of rotatable bonds is 4. The van der Waals surface area contributed by atoms with E-state index in [0.29, 0.717) is 24.7 Å². The van der Waals surface area contributed by atoms with Crippen LogP contribution in [0.2, 0.25) is 0 Å². The minimum atomic E-state index is -4.19. The second kappa shape index (κ2) is 7.43. The number of anilines is 1. The number of hydrogen-bond donors (Lipinski definition) is 1. The minimum absolute atomic E-state index is 0.0103. The number of halogens is 3. The van der Waals surface area contributed by atoms with Crippen LogP contribution < -0.4 is 4.90 Å². The van der Waals surface area contributed by atoms with E-state index in [1.54, 1.807) is 0 Å². The predicted octanol–water partition coefficient (Wildman–Crippen LogP) is 0.768. The largest absolute Gasteiger partial charge is 0.390 e. The number of β-amino-alcohol motifs (C(OH)–C–C–N with tert-alkyl or cyclic N) is 1. The van der Waals surface area contributed by atoms with Gasteiger partial charge in [0, 0.05) is 57.6 Å². The third-order valence-corrected chi connectivity index (χ3v) is 4.91. The minimum Gasteiger partial charge on any atom is -0.390 e. The van der Waals surface area contributed by atoms with Gasteiger partial charge in [-0.25, -0.2) is 9.97 Å². The molecule has 0 saturated carbocycles. The highest BCUT2D eigenvalue weighted by Gasteiger charge is 2.37. The van der Waals surface area contributed by atoms with Crippen molar-refractivity contribution in [2.45, 2.75) is 31.2 Å². The topological polar surface area (TPSA) is 55.7 Å². The highest BCUT2D eigenvalue weighted by molar-refractivity contribution is 5.34. The summed E-state index contributed by atoms with van der Waals surface area (Å²) >= 11 is 0. The van der Waals surface area contributed by atoms with E-state index in [9.17, 15) is 18.3 Å². The van der Waals surface area contributed by atoms with E-state index in [4.69, 9.17) is 0 Å². The number of aliphatic hydroxyl groups excluding tert-OH is 1. The molecule has 2 aliphatic heterocycles. The van der Waals surface area contributed by atoms with Crippen molar-refractivity contribution in [2.75, 3.05) is 51.2 Å². The fraction of sp³-hybridized carbons (Fsp3) is 0.750. The highest BCUT2D eigenvalue weighted by Crippen LogP contribution is 2.24. The van der Waals surface area contributed by atoms with E-state index in [1.807, 2.05) is 4.90 Å². The normalized spacial score (nSPS) is 26.4. The molecule has 3 rings (SSSR count). The molecule has 9 heteroatoms. The van der Waals surface area contributed by atoms with Crippen molar-refractivity contribution < 1.29 is 18.3 Å². The Hall–Kier alpha value is -1.45. The van der Waals surface area contributed by atoms with E-state index < -0.39 is 18.7 Å². The Bertz CT molecular complexity index is 577. The third kappa shape index (κ3) is 4.80. The summed E-state index contributed by atoms with van der Waals surface area (Å²) in [4.78, 5) is 14.8. The van der Waals surface area contributed by atoms with Crippen molar-refractivity contribution in [3.05, 3.63) is 18.0 Å². The number of aryl methyl sites for hydroxylation is 1. The standard InChI is InChI=1S/C16H24F3N5O/c1-22-6-8-23(9-7-22)13-10-24(11-14(13)25)15-20-5-3-12(21-15)2-4-16(17,18)19/h3,5,13-14,25H,2,4,6-11H2,1H3/t13-,14-/m1/s1. The molecule has 3 heterocycles. The maximum Gasteiger partial charge on any atom is 0.389 e. The molecule has 25 heavy (non-hydrogen) atoms. The van der Waals surface area contributed by atoms with Gasteiger partial charge in [-0.05, 0) is 19.5 Å². The summed E-state index contributed by atoms with van der Waals surface area (Å²) in [5, 5.41) is 10.4. The van der Waals surface area contributed by atoms with Crippen molar-refractivity contribution in [1.82, 2.24) is 19.8 Å². The molecule has 0 amide bonds. The Morgan fingerprint density at radius 2 is 1.92 bits per heavy atom. The summed E-state index contributed by atoms with van der Waals surface area (Å²) in [5.41, 5.74) is 0.375. The molecule has 0 aromatic carbocycles. The number of aliphatic hydroxyl groups is 1. The van der Waals surface area contributed by atoms with E-state index in [2.05, 4.69) is 26.8 Å². The zero-order chi connectivity index (χ0) is 18.0. The Kier molecular flexibility index (Phi) is 5.45. The predicted molar refractivity (Wildman–Crippen MR) is 87.5 cm³/mol. The Morgan fingerprint density at radius 1 is 1.20 bits per heavy atom. The van der Waals surface area contributed by atoms with E-state index in [-0.39, 0.29) is 12.5 Å². The van der Waals surface area contributed by atoms with Gasteiger partial charge >= 0.3 is 6.18 Å². The summed E-state index contributed by atoms with van der Waals surface area (Å²) in [6.45, 7) is 4.73. The van der Waals surface area contributed by atoms with Gasteiger partial charge in [0.25, 0.3) is 0 Å². The Balaban J connectivity index is 1.63. The van der Waals surface area contributed by atoms with Crippen LogP contribution in [-0.4, -0.2) is 89.5 Å². The summed E-state index contributed by atoms with van der Waals surface area (Å²) in [7, 11) is 2.08. The van der Waals surface area contributed by atoms with E-state index in [0.717, 1.165) is 26.2 Å². The first-order chi connectivity index (χ1) is 11.8. The van der Waals surface area contributed by atoms with Crippen molar-refractivity contribution in [1.29, 1.82) is 0 Å². The molecule has 0 unspecified atom stereocenters. The van der Waals surface area contributed by atoms with Crippen LogP contribution in [0.1, 0.15) is 12.1 Å². The number of nitrogens with zero attached hydrogens (tertiary/aromatic N) is 5. The van der Waals surface area contributed by atoms with Crippen LogP contribution in [0.3, 0.4) is 0 Å². The second-order valence-corrected chi connectivity index (χ2v) is 6.84. The zero-order valence-corrected chi connectivity index (χ0v) is 14.3. The lowest BCUT2D eigenvalue weighted by Gasteiger charge is -2.37. The molecule has 1 aromatic rings. The van der Waals surface area contributed by atoms with Crippen LogP contribution in [0.15, 0.2) is 12.3 Å². The fourth-order valence-corrected chi connectivity index (χ4v) is 3.39. The second-order valence-electron chi connectivity index (χ2n) is 6.84. The van der Waals surface area contributed by atoms with Crippen LogP contribution in [0.25, 0.3) is 0 Å². The first-order valence-corrected chi connectivity index (χ1v) is 8.56. The number of likely N-dealkylation sites (N-methyl/N-ethyl adjacent to an activating group) is 1. The fourth-order valence-electron chi connectivity index (χ4n) is 3.39. The Morgan fingerprint density at radius 3 is 2.60 bits per heavy atom. The molecule has 2 atom stereocenters. The molecule has 1 N–H and O–H groups in total. The number of aromatic nitrogens is 2. The van der Waals surface area contributed by atoms with Crippen LogP contribution in [0.5, 0.6) is 0 Å². The van der Waals surface area contributed by atoms with E-state index in [1.165, 1.54) is 12.3 Å². The van der Waals surface area contributed by atoms with Gasteiger partial charge < -0.3 is 14.9 Å². The van der Waals surface area contributed by atoms with Crippen LogP contribution in [-0.2, 0) is 6.42 Å². The van der Waals surface area contributed by atoms with Crippen molar-refractivity contribution in [3.8, 4) is 0 Å².